The van der Waals surface area contributed by atoms with Crippen LogP contribution in [0.4, 0.5) is 4.79 Å². The maximum absolute atomic E-state index is 11.5. The molecule has 0 aliphatic carbocycles. The number of ether oxygens (including phenoxy) is 2. The van der Waals surface area contributed by atoms with Gasteiger partial charge in [-0.25, -0.2) is 4.79 Å². The molecule has 0 bridgehead atoms. The van der Waals surface area contributed by atoms with E-state index < -0.39 is 23.8 Å². The molecule has 21 heavy (non-hydrogen) atoms. The highest BCUT2D eigenvalue weighted by molar-refractivity contribution is 5.69. The minimum Gasteiger partial charge on any atom is -0.465 e. The number of carbonyl (C=O) groups excluding carboxylic acids is 2. The van der Waals surface area contributed by atoms with Gasteiger partial charge in [-0.1, -0.05) is 26.7 Å². The first-order chi connectivity index (χ1) is 9.65. The summed E-state index contributed by atoms with van der Waals surface area (Å²) in [5.41, 5.74) is -0.626. The van der Waals surface area contributed by atoms with Crippen molar-refractivity contribution in [2.24, 2.45) is 5.92 Å². The van der Waals surface area contributed by atoms with Crippen LogP contribution in [0.15, 0.2) is 0 Å². The van der Waals surface area contributed by atoms with E-state index in [0.717, 1.165) is 19.3 Å². The molecule has 6 nitrogen and oxygen atoms in total. The van der Waals surface area contributed by atoms with Crippen molar-refractivity contribution in [3.05, 3.63) is 0 Å². The summed E-state index contributed by atoms with van der Waals surface area (Å²) in [6, 6.07) is 0. The van der Waals surface area contributed by atoms with Gasteiger partial charge in [0.15, 0.2) is 0 Å². The fourth-order valence-corrected chi connectivity index (χ4v) is 1.48. The second-order valence-electron chi connectivity index (χ2n) is 6.21. The summed E-state index contributed by atoms with van der Waals surface area (Å²) < 4.78 is 10.1. The largest absolute Gasteiger partial charge is 0.465 e. The molecule has 0 aromatic carbocycles. The van der Waals surface area contributed by atoms with Gasteiger partial charge in [0, 0.05) is 12.3 Å². The molecule has 0 heterocycles. The van der Waals surface area contributed by atoms with Gasteiger partial charge < -0.3 is 14.6 Å². The predicted molar refractivity (Wildman–Crippen MR) is 79.6 cm³/mol. The van der Waals surface area contributed by atoms with Crippen LogP contribution in [0.3, 0.4) is 0 Å². The van der Waals surface area contributed by atoms with Crippen LogP contribution in [0.25, 0.3) is 0 Å². The van der Waals surface area contributed by atoms with E-state index in [2.05, 4.69) is 12.2 Å². The van der Waals surface area contributed by atoms with Crippen LogP contribution in [-0.4, -0.2) is 35.6 Å². The van der Waals surface area contributed by atoms with Gasteiger partial charge in [-0.2, -0.15) is 0 Å². The highest BCUT2D eigenvalue weighted by Gasteiger charge is 2.22. The third kappa shape index (κ3) is 11.1. The van der Waals surface area contributed by atoms with Crippen molar-refractivity contribution in [1.82, 2.24) is 5.32 Å². The van der Waals surface area contributed by atoms with Crippen molar-refractivity contribution in [3.8, 4) is 0 Å². The number of carbonyl (C=O) groups is 2. The summed E-state index contributed by atoms with van der Waals surface area (Å²) in [5.74, 6) is -0.688. The molecule has 0 aromatic heterocycles. The second-order valence-corrected chi connectivity index (χ2v) is 6.21. The fraction of sp³-hybridized carbons (Fsp3) is 0.867. The molecule has 0 rings (SSSR count). The third-order valence-electron chi connectivity index (χ3n) is 2.70. The lowest BCUT2D eigenvalue weighted by Crippen LogP contribution is -2.43. The van der Waals surface area contributed by atoms with Crippen molar-refractivity contribution >= 4 is 12.1 Å². The molecule has 2 N–H and O–H groups in total. The van der Waals surface area contributed by atoms with Gasteiger partial charge in [0.1, 0.15) is 11.8 Å². The topological polar surface area (TPSA) is 84.9 Å². The Hall–Kier alpha value is -1.30. The monoisotopic (exact) mass is 303 g/mol. The Morgan fingerprint density at radius 2 is 1.86 bits per heavy atom. The molecule has 1 unspecified atom stereocenters. The number of nitrogens with one attached hydrogen (secondary N) is 1. The Morgan fingerprint density at radius 1 is 1.24 bits per heavy atom. The summed E-state index contributed by atoms with van der Waals surface area (Å²) in [7, 11) is 0. The molecule has 6 heteroatoms. The van der Waals surface area contributed by atoms with E-state index in [1.54, 1.807) is 27.7 Å². The van der Waals surface area contributed by atoms with Gasteiger partial charge >= 0.3 is 12.1 Å². The number of aliphatic hydroxyl groups is 1. The number of hydrogen-bond donors (Lipinski definition) is 2. The average Bonchev–Trinajstić information content (AvgIpc) is 2.33. The molecule has 124 valence electrons. The molecule has 0 aliphatic rings. The number of rotatable bonds is 8. The molecule has 0 radical (unpaired) electrons. The predicted octanol–water partition coefficient (Wildman–Crippen LogP) is 2.59. The molecular weight excluding hydrogens is 274 g/mol. The SMILES string of the molecule is CCCCCC(=O)OC[C@@H](C)C(O)NC(=O)OC(C)(C)C. The lowest BCUT2D eigenvalue weighted by Gasteiger charge is -2.24. The van der Waals surface area contributed by atoms with Crippen LogP contribution in [-0.2, 0) is 14.3 Å². The minimum absolute atomic E-state index is 0.0575. The number of hydrogen-bond acceptors (Lipinski definition) is 5. The Kier molecular flexibility index (Phi) is 9.01. The standard InChI is InChI=1S/C15H29NO5/c1-6-7-8-9-12(17)20-10-11(2)13(18)16-14(19)21-15(3,4)5/h11,13,18H,6-10H2,1-5H3,(H,16,19)/t11-,13?/m1/s1. The van der Waals surface area contributed by atoms with Gasteiger partial charge in [0.25, 0.3) is 0 Å². The van der Waals surface area contributed by atoms with Crippen molar-refractivity contribution in [3.63, 3.8) is 0 Å². The van der Waals surface area contributed by atoms with Crippen LogP contribution < -0.4 is 5.32 Å². The first kappa shape index (κ1) is 19.7. The van der Waals surface area contributed by atoms with Crippen molar-refractivity contribution in [1.29, 1.82) is 0 Å². The second kappa shape index (κ2) is 9.60. The first-order valence-corrected chi connectivity index (χ1v) is 7.49. The van der Waals surface area contributed by atoms with E-state index in [9.17, 15) is 14.7 Å². The zero-order valence-electron chi connectivity index (χ0n) is 13.8. The zero-order chi connectivity index (χ0) is 16.5. The molecule has 1 amide bonds. The highest BCUT2D eigenvalue weighted by Crippen LogP contribution is 2.09. The molecular formula is C15H29NO5. The van der Waals surface area contributed by atoms with Gasteiger partial charge in [0.05, 0.1) is 6.61 Å². The quantitative estimate of drug-likeness (QED) is 0.409. The number of amides is 1. The lowest BCUT2D eigenvalue weighted by atomic mass is 10.1. The van der Waals surface area contributed by atoms with E-state index in [4.69, 9.17) is 9.47 Å². The van der Waals surface area contributed by atoms with Gasteiger partial charge in [-0.05, 0) is 27.2 Å². The lowest BCUT2D eigenvalue weighted by molar-refractivity contribution is -0.146. The van der Waals surface area contributed by atoms with Gasteiger partial charge in [-0.3, -0.25) is 10.1 Å². The summed E-state index contributed by atoms with van der Waals surface area (Å²) in [6.07, 6.45) is 1.41. The van der Waals surface area contributed by atoms with Crippen molar-refractivity contribution in [2.45, 2.75) is 72.1 Å². The zero-order valence-corrected chi connectivity index (χ0v) is 13.8. The molecule has 0 saturated carbocycles. The van der Waals surface area contributed by atoms with E-state index in [-0.39, 0.29) is 12.6 Å². The van der Waals surface area contributed by atoms with Crippen LogP contribution in [0, 0.1) is 5.92 Å². The van der Waals surface area contributed by atoms with Crippen LogP contribution in [0.1, 0.15) is 60.3 Å². The molecule has 0 aromatic rings. The van der Waals surface area contributed by atoms with Crippen LogP contribution in [0.2, 0.25) is 0 Å². The first-order valence-electron chi connectivity index (χ1n) is 7.49. The summed E-state index contributed by atoms with van der Waals surface area (Å²) >= 11 is 0. The Bertz CT molecular complexity index is 325. The summed E-state index contributed by atoms with van der Waals surface area (Å²) in [4.78, 5) is 22.9. The number of esters is 1. The average molecular weight is 303 g/mol. The fourth-order valence-electron chi connectivity index (χ4n) is 1.48. The van der Waals surface area contributed by atoms with Crippen molar-refractivity contribution < 1.29 is 24.2 Å². The molecule has 0 saturated heterocycles. The van der Waals surface area contributed by atoms with Gasteiger partial charge in [-0.15, -0.1) is 0 Å². The van der Waals surface area contributed by atoms with Gasteiger partial charge in [0.2, 0.25) is 0 Å². The smallest absolute Gasteiger partial charge is 0.409 e. The third-order valence-corrected chi connectivity index (χ3v) is 2.70. The van der Waals surface area contributed by atoms with E-state index in [0.29, 0.717) is 6.42 Å². The Balaban J connectivity index is 3.96. The van der Waals surface area contributed by atoms with Crippen LogP contribution >= 0.6 is 0 Å². The molecule has 0 spiro atoms. The van der Waals surface area contributed by atoms with E-state index in [1.807, 2.05) is 0 Å². The summed E-state index contributed by atoms with van der Waals surface area (Å²) in [5, 5.41) is 12.1. The molecule has 0 aliphatic heterocycles. The normalized spacial score (nSPS) is 14.2. The van der Waals surface area contributed by atoms with E-state index in [1.165, 1.54) is 0 Å². The number of unbranched alkanes of at least 4 members (excludes halogenated alkanes) is 2. The van der Waals surface area contributed by atoms with E-state index >= 15 is 0 Å². The van der Waals surface area contributed by atoms with Crippen LogP contribution in [0.5, 0.6) is 0 Å². The Morgan fingerprint density at radius 3 is 2.38 bits per heavy atom. The summed E-state index contributed by atoms with van der Waals surface area (Å²) in [6.45, 7) is 9.01. The number of aliphatic hydroxyl groups excluding tert-OH is 1. The molecule has 0 fully saturated rings. The minimum atomic E-state index is -1.12. The maximum Gasteiger partial charge on any atom is 0.409 e. The maximum atomic E-state index is 11.5. The number of alkyl carbamates (subject to hydrolysis) is 1. The molecule has 2 atom stereocenters. The highest BCUT2D eigenvalue weighted by atomic mass is 16.6. The Labute approximate surface area is 127 Å². The van der Waals surface area contributed by atoms with Crippen molar-refractivity contribution in [2.75, 3.05) is 6.61 Å².